The Labute approximate surface area is 108 Å². The van der Waals surface area contributed by atoms with Gasteiger partial charge < -0.3 is 5.11 Å². The molecular formula is C13H21N3O2. The molecule has 1 aromatic carbocycles. The average molecular weight is 251 g/mol. The van der Waals surface area contributed by atoms with Gasteiger partial charge in [-0.3, -0.25) is 15.1 Å². The molecule has 0 fully saturated rings. The summed E-state index contributed by atoms with van der Waals surface area (Å²) in [5.41, 5.74) is 3.29. The Morgan fingerprint density at radius 2 is 2.11 bits per heavy atom. The molecule has 18 heavy (non-hydrogen) atoms. The zero-order chi connectivity index (χ0) is 13.4. The third kappa shape index (κ3) is 4.83. The molecule has 4 N–H and O–H groups in total. The van der Waals surface area contributed by atoms with E-state index in [1.54, 1.807) is 0 Å². The van der Waals surface area contributed by atoms with Crippen molar-refractivity contribution < 1.29 is 9.90 Å². The van der Waals surface area contributed by atoms with Crippen LogP contribution in [-0.2, 0) is 11.3 Å². The Hall–Kier alpha value is -1.43. The van der Waals surface area contributed by atoms with Crippen molar-refractivity contribution in [3.8, 4) is 0 Å². The Morgan fingerprint density at radius 1 is 1.44 bits per heavy atom. The lowest BCUT2D eigenvalue weighted by atomic mass is 10.1. The number of benzene rings is 1. The van der Waals surface area contributed by atoms with E-state index in [2.05, 4.69) is 10.3 Å². The van der Waals surface area contributed by atoms with E-state index in [0.29, 0.717) is 19.5 Å². The lowest BCUT2D eigenvalue weighted by Crippen LogP contribution is -2.40. The maximum absolute atomic E-state index is 11.3. The van der Waals surface area contributed by atoms with Gasteiger partial charge in [0.1, 0.15) is 0 Å². The first-order chi connectivity index (χ1) is 8.67. The molecule has 1 unspecified atom stereocenters. The molecule has 0 aromatic heterocycles. The number of carbonyl (C=O) groups is 1. The molecule has 0 aliphatic heterocycles. The molecule has 1 aromatic rings. The first-order valence-electron chi connectivity index (χ1n) is 6.05. The van der Waals surface area contributed by atoms with Crippen LogP contribution in [0, 0.1) is 0 Å². The van der Waals surface area contributed by atoms with Gasteiger partial charge in [0.2, 0.25) is 5.91 Å². The van der Waals surface area contributed by atoms with E-state index >= 15 is 0 Å². The topological polar surface area (TPSA) is 78.6 Å². The zero-order valence-corrected chi connectivity index (χ0v) is 10.7. The van der Waals surface area contributed by atoms with Gasteiger partial charge in [0.15, 0.2) is 0 Å². The highest BCUT2D eigenvalue weighted by Crippen LogP contribution is 2.10. The van der Waals surface area contributed by atoms with E-state index in [0.717, 1.165) is 5.56 Å². The van der Waals surface area contributed by atoms with Crippen LogP contribution in [0.15, 0.2) is 30.3 Å². The summed E-state index contributed by atoms with van der Waals surface area (Å²) >= 11 is 0. The van der Waals surface area contributed by atoms with Crippen molar-refractivity contribution in [1.29, 1.82) is 0 Å². The summed E-state index contributed by atoms with van der Waals surface area (Å²) in [5.74, 6) is 4.88. The Kier molecular flexibility index (Phi) is 6.35. The largest absolute Gasteiger partial charge is 0.395 e. The van der Waals surface area contributed by atoms with Gasteiger partial charge in [-0.1, -0.05) is 30.3 Å². The second-order valence-electron chi connectivity index (χ2n) is 4.30. The minimum absolute atomic E-state index is 0.0286. The summed E-state index contributed by atoms with van der Waals surface area (Å²) in [4.78, 5) is 13.3. The number of amides is 1. The van der Waals surface area contributed by atoms with Crippen LogP contribution < -0.4 is 11.3 Å². The standard InChI is InChI=1S/C13H21N3O2/c1-11(9-13(18)15-14)16(7-8-17)10-12-5-3-2-4-6-12/h2-6,11,17H,7-10,14H2,1H3,(H,15,18). The quantitative estimate of drug-likeness (QED) is 0.369. The van der Waals surface area contributed by atoms with Crippen molar-refractivity contribution >= 4 is 5.91 Å². The third-order valence-electron chi connectivity index (χ3n) is 2.88. The molecule has 0 saturated heterocycles. The number of nitrogens with zero attached hydrogens (tertiary/aromatic N) is 1. The summed E-state index contributed by atoms with van der Waals surface area (Å²) in [7, 11) is 0. The number of hydrazine groups is 1. The second kappa shape index (κ2) is 7.81. The molecule has 0 aliphatic carbocycles. The van der Waals surface area contributed by atoms with Gasteiger partial charge in [-0.2, -0.15) is 0 Å². The number of nitrogens with one attached hydrogen (secondary N) is 1. The molecule has 0 aliphatic rings. The van der Waals surface area contributed by atoms with Crippen molar-refractivity contribution in [3.05, 3.63) is 35.9 Å². The van der Waals surface area contributed by atoms with Gasteiger partial charge >= 0.3 is 0 Å². The highest BCUT2D eigenvalue weighted by molar-refractivity contribution is 5.75. The van der Waals surface area contributed by atoms with Crippen LogP contribution in [0.4, 0.5) is 0 Å². The van der Waals surface area contributed by atoms with Crippen LogP contribution in [0.1, 0.15) is 18.9 Å². The molecule has 5 nitrogen and oxygen atoms in total. The molecule has 0 bridgehead atoms. The van der Waals surface area contributed by atoms with Crippen molar-refractivity contribution in [2.45, 2.75) is 25.9 Å². The van der Waals surface area contributed by atoms with Crippen LogP contribution in [0.2, 0.25) is 0 Å². The van der Waals surface area contributed by atoms with Crippen molar-refractivity contribution in [2.24, 2.45) is 5.84 Å². The maximum Gasteiger partial charge on any atom is 0.235 e. The second-order valence-corrected chi connectivity index (χ2v) is 4.30. The van der Waals surface area contributed by atoms with Gasteiger partial charge in [-0.25, -0.2) is 5.84 Å². The zero-order valence-electron chi connectivity index (χ0n) is 10.7. The number of nitrogens with two attached hydrogens (primary N) is 1. The van der Waals surface area contributed by atoms with Gasteiger partial charge in [0, 0.05) is 25.6 Å². The van der Waals surface area contributed by atoms with Crippen molar-refractivity contribution in [1.82, 2.24) is 10.3 Å². The van der Waals surface area contributed by atoms with Crippen LogP contribution in [0.5, 0.6) is 0 Å². The fourth-order valence-corrected chi connectivity index (χ4v) is 1.86. The van der Waals surface area contributed by atoms with E-state index in [9.17, 15) is 4.79 Å². The normalized spacial score (nSPS) is 12.4. The predicted molar refractivity (Wildman–Crippen MR) is 70.3 cm³/mol. The Balaban J connectivity index is 2.61. The fraction of sp³-hybridized carbons (Fsp3) is 0.462. The minimum atomic E-state index is -0.196. The molecule has 100 valence electrons. The molecule has 0 radical (unpaired) electrons. The minimum Gasteiger partial charge on any atom is -0.395 e. The van der Waals surface area contributed by atoms with Crippen molar-refractivity contribution in [2.75, 3.05) is 13.2 Å². The predicted octanol–water partition coefficient (Wildman–Crippen LogP) is 0.249. The van der Waals surface area contributed by atoms with Crippen LogP contribution in [0.25, 0.3) is 0 Å². The van der Waals surface area contributed by atoms with Crippen molar-refractivity contribution in [3.63, 3.8) is 0 Å². The van der Waals surface area contributed by atoms with E-state index in [-0.39, 0.29) is 18.6 Å². The molecule has 1 atom stereocenters. The first-order valence-corrected chi connectivity index (χ1v) is 6.05. The summed E-state index contributed by atoms with van der Waals surface area (Å²) in [5, 5.41) is 9.09. The van der Waals surface area contributed by atoms with Gasteiger partial charge in [-0.15, -0.1) is 0 Å². The summed E-state index contributed by atoms with van der Waals surface area (Å²) in [6.07, 6.45) is 0.323. The van der Waals surface area contributed by atoms with E-state index in [1.807, 2.05) is 37.3 Å². The number of hydrogen-bond donors (Lipinski definition) is 3. The summed E-state index contributed by atoms with van der Waals surface area (Å²) < 4.78 is 0. The molecular weight excluding hydrogens is 230 g/mol. The fourth-order valence-electron chi connectivity index (χ4n) is 1.86. The number of aliphatic hydroxyl groups is 1. The first kappa shape index (κ1) is 14.6. The maximum atomic E-state index is 11.3. The highest BCUT2D eigenvalue weighted by Gasteiger charge is 2.16. The Morgan fingerprint density at radius 3 is 2.67 bits per heavy atom. The number of aliphatic hydroxyl groups excluding tert-OH is 1. The van der Waals surface area contributed by atoms with Crippen LogP contribution in [-0.4, -0.2) is 35.1 Å². The van der Waals surface area contributed by atoms with Gasteiger partial charge in [0.25, 0.3) is 0 Å². The van der Waals surface area contributed by atoms with E-state index < -0.39 is 0 Å². The van der Waals surface area contributed by atoms with E-state index in [4.69, 9.17) is 10.9 Å². The average Bonchev–Trinajstić information content (AvgIpc) is 2.39. The number of rotatable bonds is 7. The summed E-state index contributed by atoms with van der Waals surface area (Å²) in [6, 6.07) is 10.00. The molecule has 0 spiro atoms. The van der Waals surface area contributed by atoms with Gasteiger partial charge in [-0.05, 0) is 12.5 Å². The van der Waals surface area contributed by atoms with E-state index in [1.165, 1.54) is 0 Å². The highest BCUT2D eigenvalue weighted by atomic mass is 16.3. The summed E-state index contributed by atoms with van der Waals surface area (Å²) in [6.45, 7) is 3.27. The Bertz CT molecular complexity index is 357. The van der Waals surface area contributed by atoms with Gasteiger partial charge in [0.05, 0.1) is 6.61 Å². The molecule has 5 heteroatoms. The third-order valence-corrected chi connectivity index (χ3v) is 2.88. The lowest BCUT2D eigenvalue weighted by molar-refractivity contribution is -0.122. The molecule has 0 heterocycles. The lowest BCUT2D eigenvalue weighted by Gasteiger charge is -2.28. The SMILES string of the molecule is CC(CC(=O)NN)N(CCO)Cc1ccccc1. The number of carbonyl (C=O) groups excluding carboxylic acids is 1. The molecule has 1 rings (SSSR count). The van der Waals surface area contributed by atoms with Crippen LogP contribution >= 0.6 is 0 Å². The monoisotopic (exact) mass is 251 g/mol. The van der Waals surface area contributed by atoms with Crippen LogP contribution in [0.3, 0.4) is 0 Å². The smallest absolute Gasteiger partial charge is 0.235 e. The molecule has 1 amide bonds. The molecule has 0 saturated carbocycles. The number of hydrogen-bond acceptors (Lipinski definition) is 4.